The number of primary amides is 1. The maximum Gasteiger partial charge on any atom is 0.410 e. The molecular formula is C65H96N8O18. The highest BCUT2D eigenvalue weighted by molar-refractivity contribution is 6.12. The lowest BCUT2D eigenvalue weighted by Crippen LogP contribution is -2.57. The first-order valence-electron chi connectivity index (χ1n) is 31.7. The van der Waals surface area contributed by atoms with Crippen LogP contribution in [-0.2, 0) is 59.1 Å². The number of nitrogens with one attached hydrogen (secondary N) is 4. The van der Waals surface area contributed by atoms with Crippen LogP contribution >= 0.6 is 0 Å². The van der Waals surface area contributed by atoms with Gasteiger partial charge >= 0.3 is 30.2 Å². The van der Waals surface area contributed by atoms with Gasteiger partial charge in [0.1, 0.15) is 30.9 Å². The van der Waals surface area contributed by atoms with Crippen molar-refractivity contribution in [3.05, 3.63) is 77.9 Å². The highest BCUT2D eigenvalue weighted by Crippen LogP contribution is 2.38. The first-order valence-corrected chi connectivity index (χ1v) is 31.7. The van der Waals surface area contributed by atoms with Gasteiger partial charge in [-0.1, -0.05) is 84.4 Å². The van der Waals surface area contributed by atoms with Crippen LogP contribution in [0.15, 0.2) is 72.4 Å². The van der Waals surface area contributed by atoms with Crippen LogP contribution in [0.2, 0.25) is 0 Å². The molecule has 1 aromatic rings. The van der Waals surface area contributed by atoms with Crippen molar-refractivity contribution in [2.24, 2.45) is 29.4 Å². The number of carbonyl (C=O) groups is 10. The number of hydrogen-bond donors (Lipinski definition) is 9. The van der Waals surface area contributed by atoms with Gasteiger partial charge in [0.2, 0.25) is 17.7 Å². The van der Waals surface area contributed by atoms with Crippen LogP contribution < -0.4 is 27.0 Å². The number of carboxylic acids is 1. The van der Waals surface area contributed by atoms with Gasteiger partial charge < -0.3 is 76.2 Å². The molecule has 4 aliphatic rings. The molecule has 9 amide bonds. The molecule has 2 fully saturated rings. The standard InChI is InChI=1S/C65H96N8O18/c1-9-49(75)43(7)59-51(89-59)36-65(8,87)30-13-15-41(5)58-42(6)19-26-50(40(4)18-25-47(74)35-56(81)91-58)90-63(85)71-33-34-72(46(37-71)24-29-55(79)80)64(86)88-38-44-20-22-45(23-21-44)68-60(82)48(16-14-31-67-62(66)84)69-61(83)57(39(2)3)70-52(76)17-11-10-12-32-73-53(77)27-28-54(73)78/h13,15,19-23,26-28,30,39-40,42-43,46-51,57-59,74-75,87H,9-12,14,16-18,24-25,29,31-38H2,1-8H3,(H,68,82)(H,69,83)(H,70,76)(H,79,80)(H3,66,67,84)/b26-19+,30-13+,41-15+/t40-,42-,43+,46?,47+,48-,49-,50-,51+,57-,58+,59+,65?/m0/s1. The number of piperazine rings is 1. The summed E-state index contributed by atoms with van der Waals surface area (Å²) < 4.78 is 23.6. The zero-order valence-corrected chi connectivity index (χ0v) is 53.7. The van der Waals surface area contributed by atoms with E-state index in [-0.39, 0.29) is 126 Å². The van der Waals surface area contributed by atoms with Gasteiger partial charge in [-0.15, -0.1) is 0 Å². The van der Waals surface area contributed by atoms with E-state index in [0.29, 0.717) is 55.3 Å². The number of amides is 9. The third-order valence-corrected chi connectivity index (χ3v) is 16.8. The second-order valence-corrected chi connectivity index (χ2v) is 24.9. The minimum absolute atomic E-state index is 0.0131. The Kier molecular flexibility index (Phi) is 29.1. The number of esters is 1. The molecule has 91 heavy (non-hydrogen) atoms. The minimum Gasteiger partial charge on any atom is -0.481 e. The highest BCUT2D eigenvalue weighted by atomic mass is 16.6. The largest absolute Gasteiger partial charge is 0.481 e. The third-order valence-electron chi connectivity index (χ3n) is 16.8. The number of aliphatic carboxylic acids is 1. The lowest BCUT2D eigenvalue weighted by atomic mass is 9.91. The van der Waals surface area contributed by atoms with E-state index in [0.717, 1.165) is 4.90 Å². The van der Waals surface area contributed by atoms with Crippen LogP contribution in [0.1, 0.15) is 144 Å². The van der Waals surface area contributed by atoms with Gasteiger partial charge in [-0.25, -0.2) is 14.4 Å². The van der Waals surface area contributed by atoms with Crippen molar-refractivity contribution in [1.29, 1.82) is 0 Å². The summed E-state index contributed by atoms with van der Waals surface area (Å²) in [6.45, 7) is 14.5. The average Bonchev–Trinajstić information content (AvgIpc) is 1.85. The summed E-state index contributed by atoms with van der Waals surface area (Å²) in [5.74, 6) is -5.30. The van der Waals surface area contributed by atoms with Crippen molar-refractivity contribution in [3.63, 3.8) is 0 Å². The molecule has 0 bridgehead atoms. The van der Waals surface area contributed by atoms with Crippen molar-refractivity contribution >= 4 is 65.4 Å². The summed E-state index contributed by atoms with van der Waals surface area (Å²) in [4.78, 5) is 132. The number of anilines is 1. The van der Waals surface area contributed by atoms with Crippen molar-refractivity contribution in [1.82, 2.24) is 30.7 Å². The third kappa shape index (κ3) is 24.5. The van der Waals surface area contributed by atoms with E-state index in [1.54, 1.807) is 82.3 Å². The Morgan fingerprint density at radius 1 is 0.901 bits per heavy atom. The van der Waals surface area contributed by atoms with Crippen molar-refractivity contribution in [2.75, 3.05) is 38.0 Å². The number of urea groups is 1. The number of aliphatic hydroxyl groups excluding tert-OH is 2. The molecule has 0 aromatic heterocycles. The quantitative estimate of drug-likeness (QED) is 0.00899. The number of imide groups is 1. The summed E-state index contributed by atoms with van der Waals surface area (Å²) in [5, 5.41) is 52.7. The zero-order valence-electron chi connectivity index (χ0n) is 53.7. The number of ether oxygens (including phenoxy) is 4. The molecule has 0 saturated carbocycles. The molecule has 4 heterocycles. The number of carboxylic acid groups (broad SMARTS) is 1. The van der Waals surface area contributed by atoms with E-state index in [1.165, 1.54) is 22.0 Å². The monoisotopic (exact) mass is 1280 g/mol. The smallest absolute Gasteiger partial charge is 0.410 e. The number of benzene rings is 1. The Bertz CT molecular complexity index is 2790. The van der Waals surface area contributed by atoms with Gasteiger partial charge in [0.25, 0.3) is 11.8 Å². The molecule has 4 aliphatic heterocycles. The van der Waals surface area contributed by atoms with E-state index >= 15 is 0 Å². The molecule has 0 radical (unpaired) electrons. The lowest BCUT2D eigenvalue weighted by Gasteiger charge is -2.40. The summed E-state index contributed by atoms with van der Waals surface area (Å²) in [6, 6.07) is 2.67. The predicted octanol–water partition coefficient (Wildman–Crippen LogP) is 5.28. The molecule has 0 aliphatic carbocycles. The topological polar surface area (TPSA) is 376 Å². The van der Waals surface area contributed by atoms with E-state index in [2.05, 4.69) is 21.3 Å². The fraction of sp³-hybridized carbons (Fsp3) is 0.631. The number of rotatable bonds is 30. The van der Waals surface area contributed by atoms with Crippen LogP contribution in [0.4, 0.5) is 20.1 Å². The molecule has 2 unspecified atom stereocenters. The average molecular weight is 1280 g/mol. The molecule has 1 aromatic carbocycles. The molecule has 0 spiro atoms. The van der Waals surface area contributed by atoms with Crippen LogP contribution in [0.5, 0.6) is 0 Å². The highest BCUT2D eigenvalue weighted by Gasteiger charge is 2.47. The molecule has 13 atom stereocenters. The molecule has 5 rings (SSSR count). The molecule has 26 nitrogen and oxygen atoms in total. The van der Waals surface area contributed by atoms with Gasteiger partial charge in [-0.3, -0.25) is 38.5 Å². The van der Waals surface area contributed by atoms with Crippen LogP contribution in [0.3, 0.4) is 0 Å². The molecule has 504 valence electrons. The Labute approximate surface area is 532 Å². The number of nitrogens with two attached hydrogens (primary N) is 1. The van der Waals surface area contributed by atoms with E-state index in [4.69, 9.17) is 24.7 Å². The van der Waals surface area contributed by atoms with Crippen molar-refractivity contribution in [3.8, 4) is 0 Å². The summed E-state index contributed by atoms with van der Waals surface area (Å²) >= 11 is 0. The number of unbranched alkanes of at least 4 members (excludes halogenated alkanes) is 2. The van der Waals surface area contributed by atoms with E-state index in [1.807, 2.05) is 27.7 Å². The Balaban J connectivity index is 1.17. The second-order valence-electron chi connectivity index (χ2n) is 24.9. The van der Waals surface area contributed by atoms with Gasteiger partial charge in [0.15, 0.2) is 0 Å². The number of carbonyl (C=O) groups excluding carboxylic acids is 9. The zero-order chi connectivity index (χ0) is 67.1. The second kappa shape index (κ2) is 35.8. The van der Waals surface area contributed by atoms with Gasteiger partial charge in [-0.2, -0.15) is 0 Å². The van der Waals surface area contributed by atoms with Crippen LogP contribution in [-0.4, -0.2) is 188 Å². The Hall–Kier alpha value is -7.68. The summed E-state index contributed by atoms with van der Waals surface area (Å²) in [7, 11) is 0. The van der Waals surface area contributed by atoms with E-state index in [9.17, 15) is 68.4 Å². The van der Waals surface area contributed by atoms with Gasteiger partial charge in [0.05, 0.1) is 42.5 Å². The van der Waals surface area contributed by atoms with Crippen molar-refractivity contribution in [2.45, 2.75) is 206 Å². The molecule has 2 saturated heterocycles. The Morgan fingerprint density at radius 3 is 2.26 bits per heavy atom. The lowest BCUT2D eigenvalue weighted by molar-refractivity contribution is -0.151. The minimum atomic E-state index is -1.24. The molecule has 26 heteroatoms. The summed E-state index contributed by atoms with van der Waals surface area (Å²) in [6.07, 6.45) is 8.85. The number of nitrogens with zero attached hydrogens (tertiary/aromatic N) is 3. The maximum absolute atomic E-state index is 14.1. The first-order chi connectivity index (χ1) is 43.0. The molecule has 10 N–H and O–H groups in total. The number of cyclic esters (lactones) is 1. The van der Waals surface area contributed by atoms with Crippen LogP contribution in [0.25, 0.3) is 0 Å². The number of aliphatic hydroxyl groups is 3. The predicted molar refractivity (Wildman–Crippen MR) is 334 cm³/mol. The Morgan fingerprint density at radius 2 is 1.60 bits per heavy atom. The fourth-order valence-corrected chi connectivity index (χ4v) is 11.1. The summed E-state index contributed by atoms with van der Waals surface area (Å²) in [5.41, 5.74) is 5.48. The number of hydrogen-bond acceptors (Lipinski definition) is 17. The SMILES string of the molecule is CC[C@H](O)[C@@H](C)[C@H]1O[C@@H]1CC(C)(O)/C=C/C=C(\C)[C@H]1OC(=O)C[C@H](O)CC[C@H](C)[C@@H](OC(=O)N2CCN(C(=O)OCc3ccc(NC(=O)[C@H](CCCNC(N)=O)NC(=O)[C@@H](NC(=O)CCCCCN4C(=O)C=CC4=O)C(C)C)cc3)C(CCC(=O)O)C2)/C=C/[C@@H]1C. The number of allylic oxidation sites excluding steroid dienone is 2. The maximum atomic E-state index is 14.1. The van der Waals surface area contributed by atoms with Crippen molar-refractivity contribution < 1.29 is 87.3 Å². The normalized spacial score (nSPS) is 24.6. The number of epoxide rings is 1. The van der Waals surface area contributed by atoms with Gasteiger partial charge in [-0.05, 0) is 106 Å². The van der Waals surface area contributed by atoms with E-state index < -0.39 is 102 Å². The first kappa shape index (κ1) is 74.1. The molecular weight excluding hydrogens is 1180 g/mol. The van der Waals surface area contributed by atoms with Crippen LogP contribution in [0, 0.1) is 23.7 Å². The fourth-order valence-electron chi connectivity index (χ4n) is 11.1. The van der Waals surface area contributed by atoms with Gasteiger partial charge in [0, 0.05) is 81.7 Å².